The Balaban J connectivity index is 1.79. The number of aryl methyl sites for hydroxylation is 1. The summed E-state index contributed by atoms with van der Waals surface area (Å²) in [7, 11) is 0. The molecule has 88 valence electrons. The van der Waals surface area contributed by atoms with Crippen LogP contribution in [0.3, 0.4) is 0 Å². The monoisotopic (exact) mass is 225 g/mol. The average Bonchev–Trinajstić information content (AvgIpc) is 3.20. The molecule has 1 fully saturated rings. The maximum absolute atomic E-state index is 6.17. The van der Waals surface area contributed by atoms with Crippen LogP contribution in [0.15, 0.2) is 42.5 Å². The molecule has 0 amide bonds. The molecule has 2 N–H and O–H groups in total. The van der Waals surface area contributed by atoms with Gasteiger partial charge >= 0.3 is 0 Å². The second kappa shape index (κ2) is 4.50. The molecule has 0 aliphatic heterocycles. The normalized spacial score (nSPS) is 17.2. The van der Waals surface area contributed by atoms with E-state index < -0.39 is 0 Å². The molecule has 2 aromatic rings. The minimum Gasteiger partial charge on any atom is -0.327 e. The topological polar surface area (TPSA) is 26.0 Å². The molecule has 0 saturated heterocycles. The second-order valence-corrected chi connectivity index (χ2v) is 5.18. The molecular formula is C16H19N. The molecule has 0 heterocycles. The van der Waals surface area contributed by atoms with Crippen LogP contribution in [0, 0.1) is 5.92 Å². The minimum absolute atomic E-state index is 0.411. The third kappa shape index (κ3) is 2.34. The summed E-state index contributed by atoms with van der Waals surface area (Å²) in [4.78, 5) is 0. The van der Waals surface area contributed by atoms with Gasteiger partial charge in [-0.1, -0.05) is 42.5 Å². The van der Waals surface area contributed by atoms with Crippen LogP contribution < -0.4 is 5.73 Å². The molecule has 1 unspecified atom stereocenters. The molecule has 0 spiro atoms. The van der Waals surface area contributed by atoms with Gasteiger partial charge in [-0.05, 0) is 47.9 Å². The Morgan fingerprint density at radius 2 is 1.82 bits per heavy atom. The van der Waals surface area contributed by atoms with E-state index in [1.807, 2.05) is 0 Å². The van der Waals surface area contributed by atoms with Crippen molar-refractivity contribution in [2.75, 3.05) is 0 Å². The molecule has 0 aromatic heterocycles. The Kier molecular flexibility index (Phi) is 2.86. The Morgan fingerprint density at radius 1 is 1.06 bits per heavy atom. The van der Waals surface area contributed by atoms with Gasteiger partial charge in [-0.3, -0.25) is 0 Å². The summed E-state index contributed by atoms with van der Waals surface area (Å²) in [5, 5.41) is 2.72. The first kappa shape index (κ1) is 10.8. The van der Waals surface area contributed by atoms with E-state index >= 15 is 0 Å². The van der Waals surface area contributed by atoms with Crippen LogP contribution in [0.1, 0.15) is 24.8 Å². The first-order valence-electron chi connectivity index (χ1n) is 6.57. The van der Waals surface area contributed by atoms with Crippen molar-refractivity contribution in [3.05, 3.63) is 48.0 Å². The van der Waals surface area contributed by atoms with Crippen LogP contribution in [0.25, 0.3) is 10.8 Å². The highest BCUT2D eigenvalue weighted by atomic mass is 14.7. The molecule has 0 radical (unpaired) electrons. The van der Waals surface area contributed by atoms with Gasteiger partial charge in [0.05, 0.1) is 0 Å². The highest BCUT2D eigenvalue weighted by molar-refractivity contribution is 5.85. The van der Waals surface area contributed by atoms with Gasteiger partial charge in [0.15, 0.2) is 0 Å². The number of nitrogens with two attached hydrogens (primary N) is 1. The molecule has 1 nitrogen and oxygen atoms in total. The molecule has 17 heavy (non-hydrogen) atoms. The summed E-state index contributed by atoms with van der Waals surface area (Å²) in [5.41, 5.74) is 7.61. The van der Waals surface area contributed by atoms with E-state index in [4.69, 9.17) is 5.73 Å². The highest BCUT2D eigenvalue weighted by Crippen LogP contribution is 2.33. The van der Waals surface area contributed by atoms with Crippen molar-refractivity contribution in [2.24, 2.45) is 11.7 Å². The molecule has 3 rings (SSSR count). The molecule has 1 aliphatic carbocycles. The van der Waals surface area contributed by atoms with E-state index in [9.17, 15) is 0 Å². The summed E-state index contributed by atoms with van der Waals surface area (Å²) in [5.74, 6) is 0.810. The maximum atomic E-state index is 6.17. The van der Waals surface area contributed by atoms with Crippen LogP contribution in [-0.2, 0) is 6.42 Å². The summed E-state index contributed by atoms with van der Waals surface area (Å²) in [6, 6.07) is 15.6. The zero-order valence-corrected chi connectivity index (χ0v) is 10.1. The lowest BCUT2D eigenvalue weighted by Crippen LogP contribution is -2.22. The van der Waals surface area contributed by atoms with Crippen LogP contribution in [0.2, 0.25) is 0 Å². The smallest absolute Gasteiger partial charge is 0.00703 e. The molecular weight excluding hydrogens is 206 g/mol. The van der Waals surface area contributed by atoms with Crippen molar-refractivity contribution in [3.63, 3.8) is 0 Å². The number of rotatable bonds is 4. The Labute approximate surface area is 103 Å². The zero-order chi connectivity index (χ0) is 11.7. The molecule has 0 bridgehead atoms. The SMILES string of the molecule is NC(CCc1cccc2ccccc12)C1CC1. The number of benzene rings is 2. The van der Waals surface area contributed by atoms with E-state index in [-0.39, 0.29) is 0 Å². The van der Waals surface area contributed by atoms with E-state index in [2.05, 4.69) is 42.5 Å². The van der Waals surface area contributed by atoms with Crippen LogP contribution >= 0.6 is 0 Å². The molecule has 2 aromatic carbocycles. The van der Waals surface area contributed by atoms with Gasteiger partial charge in [-0.15, -0.1) is 0 Å². The van der Waals surface area contributed by atoms with Crippen LogP contribution in [0.5, 0.6) is 0 Å². The average molecular weight is 225 g/mol. The van der Waals surface area contributed by atoms with Crippen molar-refractivity contribution >= 4 is 10.8 Å². The molecule has 1 aliphatic rings. The minimum atomic E-state index is 0.411. The Bertz CT molecular complexity index is 508. The standard InChI is InChI=1S/C16H19N/c17-16(14-8-9-14)11-10-13-6-3-5-12-4-1-2-7-15(12)13/h1-7,14,16H,8-11,17H2. The van der Waals surface area contributed by atoms with E-state index in [1.54, 1.807) is 0 Å². The number of hydrogen-bond acceptors (Lipinski definition) is 1. The van der Waals surface area contributed by atoms with E-state index in [1.165, 1.54) is 29.2 Å². The van der Waals surface area contributed by atoms with Gasteiger partial charge in [0.2, 0.25) is 0 Å². The first-order chi connectivity index (χ1) is 8.34. The quantitative estimate of drug-likeness (QED) is 0.846. The fraction of sp³-hybridized carbons (Fsp3) is 0.375. The van der Waals surface area contributed by atoms with Crippen molar-refractivity contribution in [2.45, 2.75) is 31.7 Å². The lowest BCUT2D eigenvalue weighted by atomic mass is 9.98. The van der Waals surface area contributed by atoms with Gasteiger partial charge in [-0.25, -0.2) is 0 Å². The maximum Gasteiger partial charge on any atom is 0.00703 e. The van der Waals surface area contributed by atoms with Gasteiger partial charge in [0, 0.05) is 6.04 Å². The summed E-state index contributed by atoms with van der Waals surface area (Å²) >= 11 is 0. The van der Waals surface area contributed by atoms with Gasteiger partial charge < -0.3 is 5.73 Å². The Hall–Kier alpha value is -1.34. The van der Waals surface area contributed by atoms with Crippen molar-refractivity contribution in [1.82, 2.24) is 0 Å². The fourth-order valence-corrected chi connectivity index (χ4v) is 2.59. The highest BCUT2D eigenvalue weighted by Gasteiger charge is 2.27. The third-order valence-corrected chi connectivity index (χ3v) is 3.85. The lowest BCUT2D eigenvalue weighted by molar-refractivity contribution is 0.551. The summed E-state index contributed by atoms with van der Waals surface area (Å²) in [6.45, 7) is 0. The van der Waals surface area contributed by atoms with Gasteiger partial charge in [0.1, 0.15) is 0 Å². The third-order valence-electron chi connectivity index (χ3n) is 3.85. The largest absolute Gasteiger partial charge is 0.327 e. The second-order valence-electron chi connectivity index (χ2n) is 5.18. The van der Waals surface area contributed by atoms with Crippen molar-refractivity contribution in [3.8, 4) is 0 Å². The van der Waals surface area contributed by atoms with Crippen molar-refractivity contribution in [1.29, 1.82) is 0 Å². The molecule has 1 heteroatoms. The summed E-state index contributed by atoms with van der Waals surface area (Å²) < 4.78 is 0. The first-order valence-corrected chi connectivity index (χ1v) is 6.57. The van der Waals surface area contributed by atoms with E-state index in [0.29, 0.717) is 6.04 Å². The van der Waals surface area contributed by atoms with Crippen molar-refractivity contribution < 1.29 is 0 Å². The van der Waals surface area contributed by atoms with Gasteiger partial charge in [0.25, 0.3) is 0 Å². The lowest BCUT2D eigenvalue weighted by Gasteiger charge is -2.11. The zero-order valence-electron chi connectivity index (χ0n) is 10.1. The number of hydrogen-bond donors (Lipinski definition) is 1. The van der Waals surface area contributed by atoms with Crippen LogP contribution in [0.4, 0.5) is 0 Å². The predicted molar refractivity (Wildman–Crippen MR) is 73.0 cm³/mol. The van der Waals surface area contributed by atoms with Crippen LogP contribution in [-0.4, -0.2) is 6.04 Å². The summed E-state index contributed by atoms with van der Waals surface area (Å²) in [6.07, 6.45) is 4.92. The predicted octanol–water partition coefficient (Wildman–Crippen LogP) is 3.51. The van der Waals surface area contributed by atoms with Gasteiger partial charge in [-0.2, -0.15) is 0 Å². The fourth-order valence-electron chi connectivity index (χ4n) is 2.59. The molecule has 1 atom stereocenters. The molecule has 1 saturated carbocycles. The number of fused-ring (bicyclic) bond motifs is 1. The Morgan fingerprint density at radius 3 is 2.65 bits per heavy atom. The van der Waals surface area contributed by atoms with E-state index in [0.717, 1.165) is 18.8 Å².